The molecule has 0 radical (unpaired) electrons. The minimum Gasteiger partial charge on any atom is -0.293 e. The monoisotopic (exact) mass is 180 g/mol. The molecule has 1 aliphatic carbocycles. The van der Waals surface area contributed by atoms with Crippen molar-refractivity contribution in [3.05, 3.63) is 21.4 Å². The van der Waals surface area contributed by atoms with E-state index < -0.39 is 0 Å². The van der Waals surface area contributed by atoms with Gasteiger partial charge in [-0.2, -0.15) is 0 Å². The molecule has 1 nitrogen and oxygen atoms in total. The van der Waals surface area contributed by atoms with Gasteiger partial charge in [0.1, 0.15) is 0 Å². The number of fused-ring (bicyclic) bond motifs is 1. The molecular weight excluding hydrogens is 168 g/mol. The Balaban J connectivity index is 2.31. The molecule has 0 fully saturated rings. The van der Waals surface area contributed by atoms with Crippen molar-refractivity contribution < 1.29 is 4.79 Å². The summed E-state index contributed by atoms with van der Waals surface area (Å²) in [5.41, 5.74) is 1.43. The van der Waals surface area contributed by atoms with Gasteiger partial charge in [0.2, 0.25) is 0 Å². The minimum absolute atomic E-state index is 0.300. The molecule has 1 aromatic rings. The summed E-state index contributed by atoms with van der Waals surface area (Å²) in [7, 11) is 0. The van der Waals surface area contributed by atoms with E-state index in [1.807, 2.05) is 6.92 Å². The van der Waals surface area contributed by atoms with Gasteiger partial charge in [-0.3, -0.25) is 4.79 Å². The predicted molar refractivity (Wildman–Crippen MR) is 51.0 cm³/mol. The molecule has 64 valence electrons. The number of carbonyl (C=O) groups is 1. The smallest absolute Gasteiger partial charge is 0.172 e. The molecule has 0 bridgehead atoms. The highest BCUT2D eigenvalue weighted by molar-refractivity contribution is 7.14. The number of carbonyl (C=O) groups excluding carboxylic acids is 1. The number of rotatable bonds is 2. The molecule has 0 saturated carbocycles. The Morgan fingerprint density at radius 3 is 3.08 bits per heavy atom. The molecule has 0 saturated heterocycles. The fourth-order valence-corrected chi connectivity index (χ4v) is 2.90. The quantitative estimate of drug-likeness (QED) is 0.640. The summed E-state index contributed by atoms with van der Waals surface area (Å²) in [4.78, 5) is 13.8. The van der Waals surface area contributed by atoms with Gasteiger partial charge in [-0.05, 0) is 30.9 Å². The van der Waals surface area contributed by atoms with Gasteiger partial charge >= 0.3 is 0 Å². The van der Waals surface area contributed by atoms with E-state index in [4.69, 9.17) is 0 Å². The number of thiophene rings is 1. The zero-order valence-corrected chi connectivity index (χ0v) is 8.04. The van der Waals surface area contributed by atoms with E-state index in [-0.39, 0.29) is 0 Å². The van der Waals surface area contributed by atoms with Crippen LogP contribution in [0.3, 0.4) is 0 Å². The van der Waals surface area contributed by atoms with Crippen molar-refractivity contribution in [3.8, 4) is 0 Å². The van der Waals surface area contributed by atoms with Crippen LogP contribution >= 0.6 is 11.3 Å². The topological polar surface area (TPSA) is 17.1 Å². The summed E-state index contributed by atoms with van der Waals surface area (Å²) >= 11 is 1.71. The van der Waals surface area contributed by atoms with Gasteiger partial charge in [0.15, 0.2) is 5.78 Å². The molecule has 0 N–H and O–H groups in total. The first-order chi connectivity index (χ1) is 5.81. The first kappa shape index (κ1) is 7.99. The molecule has 0 unspecified atom stereocenters. The SMILES string of the molecule is CCC(=O)c1cc2c(s1)CCC2. The Morgan fingerprint density at radius 1 is 1.58 bits per heavy atom. The molecule has 0 spiro atoms. The number of Topliss-reactive ketones (excluding diaryl/α,β-unsaturated/α-hetero) is 1. The van der Waals surface area contributed by atoms with Crippen LogP contribution in [0.5, 0.6) is 0 Å². The summed E-state index contributed by atoms with van der Waals surface area (Å²) in [6.07, 6.45) is 4.29. The average Bonchev–Trinajstić information content (AvgIpc) is 2.60. The molecule has 0 aliphatic heterocycles. The summed E-state index contributed by atoms with van der Waals surface area (Å²) in [5.74, 6) is 0.300. The second kappa shape index (κ2) is 3.02. The highest BCUT2D eigenvalue weighted by Crippen LogP contribution is 2.30. The summed E-state index contributed by atoms with van der Waals surface area (Å²) in [6, 6.07) is 2.10. The Hall–Kier alpha value is -0.630. The van der Waals surface area contributed by atoms with Gasteiger partial charge < -0.3 is 0 Å². The zero-order valence-electron chi connectivity index (χ0n) is 7.22. The van der Waals surface area contributed by atoms with E-state index in [1.54, 1.807) is 11.3 Å². The van der Waals surface area contributed by atoms with Crippen LogP contribution in [-0.4, -0.2) is 5.78 Å². The van der Waals surface area contributed by atoms with E-state index in [2.05, 4.69) is 6.07 Å². The maximum atomic E-state index is 11.3. The largest absolute Gasteiger partial charge is 0.293 e. The van der Waals surface area contributed by atoms with Crippen molar-refractivity contribution in [2.75, 3.05) is 0 Å². The van der Waals surface area contributed by atoms with E-state index in [1.165, 1.54) is 29.7 Å². The molecule has 0 atom stereocenters. The molecule has 2 heteroatoms. The third-order valence-electron chi connectivity index (χ3n) is 2.34. The molecule has 0 amide bonds. The fraction of sp³-hybridized carbons (Fsp3) is 0.500. The highest BCUT2D eigenvalue weighted by Gasteiger charge is 2.16. The van der Waals surface area contributed by atoms with E-state index in [0.717, 1.165) is 4.88 Å². The maximum absolute atomic E-state index is 11.3. The lowest BCUT2D eigenvalue weighted by molar-refractivity contribution is 0.0992. The van der Waals surface area contributed by atoms with Crippen LogP contribution in [0, 0.1) is 0 Å². The summed E-state index contributed by atoms with van der Waals surface area (Å²) in [6.45, 7) is 1.92. The van der Waals surface area contributed by atoms with Crippen molar-refractivity contribution >= 4 is 17.1 Å². The minimum atomic E-state index is 0.300. The molecule has 1 aromatic heterocycles. The van der Waals surface area contributed by atoms with Gasteiger partial charge in [-0.25, -0.2) is 0 Å². The van der Waals surface area contributed by atoms with E-state index in [0.29, 0.717) is 12.2 Å². The van der Waals surface area contributed by atoms with Crippen LogP contribution in [0.15, 0.2) is 6.07 Å². The normalized spacial score (nSPS) is 14.8. The highest BCUT2D eigenvalue weighted by atomic mass is 32.1. The van der Waals surface area contributed by atoms with Crippen LogP contribution in [0.1, 0.15) is 39.9 Å². The average molecular weight is 180 g/mol. The molecular formula is C10H12OS. The van der Waals surface area contributed by atoms with Crippen LogP contribution < -0.4 is 0 Å². The van der Waals surface area contributed by atoms with Crippen molar-refractivity contribution in [2.45, 2.75) is 32.6 Å². The fourth-order valence-electron chi connectivity index (χ4n) is 1.64. The molecule has 1 heterocycles. The van der Waals surface area contributed by atoms with Crippen molar-refractivity contribution in [2.24, 2.45) is 0 Å². The maximum Gasteiger partial charge on any atom is 0.172 e. The first-order valence-electron chi connectivity index (χ1n) is 4.46. The second-order valence-corrected chi connectivity index (χ2v) is 4.33. The predicted octanol–water partition coefficient (Wildman–Crippen LogP) is 2.83. The summed E-state index contributed by atoms with van der Waals surface area (Å²) < 4.78 is 0. The molecule has 2 rings (SSSR count). The van der Waals surface area contributed by atoms with Crippen LogP contribution in [0.25, 0.3) is 0 Å². The number of ketones is 1. The summed E-state index contributed by atoms with van der Waals surface area (Å²) in [5, 5.41) is 0. The Bertz CT molecular complexity index is 290. The molecule has 0 aromatic carbocycles. The Morgan fingerprint density at radius 2 is 2.42 bits per heavy atom. The van der Waals surface area contributed by atoms with Crippen LogP contribution in [0.2, 0.25) is 0 Å². The second-order valence-electron chi connectivity index (χ2n) is 3.19. The number of aryl methyl sites for hydroxylation is 2. The lowest BCUT2D eigenvalue weighted by Crippen LogP contribution is -1.91. The van der Waals surface area contributed by atoms with Crippen molar-refractivity contribution in [3.63, 3.8) is 0 Å². The number of hydrogen-bond acceptors (Lipinski definition) is 2. The Kier molecular flexibility index (Phi) is 2.01. The molecule has 1 aliphatic rings. The van der Waals surface area contributed by atoms with Crippen molar-refractivity contribution in [1.29, 1.82) is 0 Å². The van der Waals surface area contributed by atoms with Gasteiger partial charge in [-0.1, -0.05) is 6.92 Å². The van der Waals surface area contributed by atoms with E-state index >= 15 is 0 Å². The zero-order chi connectivity index (χ0) is 8.55. The Labute approximate surface area is 76.4 Å². The number of hydrogen-bond donors (Lipinski definition) is 0. The van der Waals surface area contributed by atoms with Crippen LogP contribution in [-0.2, 0) is 12.8 Å². The third-order valence-corrected chi connectivity index (χ3v) is 3.62. The lowest BCUT2D eigenvalue weighted by Gasteiger charge is -1.90. The van der Waals surface area contributed by atoms with E-state index in [9.17, 15) is 4.79 Å². The first-order valence-corrected chi connectivity index (χ1v) is 5.27. The van der Waals surface area contributed by atoms with Gasteiger partial charge in [0.25, 0.3) is 0 Å². The van der Waals surface area contributed by atoms with Crippen molar-refractivity contribution in [1.82, 2.24) is 0 Å². The van der Waals surface area contributed by atoms with Gasteiger partial charge in [0.05, 0.1) is 4.88 Å². The molecule has 12 heavy (non-hydrogen) atoms. The third kappa shape index (κ3) is 1.20. The standard InChI is InChI=1S/C10H12OS/c1-2-8(11)10-6-7-4-3-5-9(7)12-10/h6H,2-5H2,1H3. The van der Waals surface area contributed by atoms with Gasteiger partial charge in [0, 0.05) is 11.3 Å². The van der Waals surface area contributed by atoms with Gasteiger partial charge in [-0.15, -0.1) is 11.3 Å². The van der Waals surface area contributed by atoms with Crippen LogP contribution in [0.4, 0.5) is 0 Å². The lowest BCUT2D eigenvalue weighted by atomic mass is 10.2.